The normalized spacial score (nSPS) is 14.4. The Morgan fingerprint density at radius 1 is 1.20 bits per heavy atom. The summed E-state index contributed by atoms with van der Waals surface area (Å²) in [6.45, 7) is 10.0. The molecule has 0 amide bonds. The van der Waals surface area contributed by atoms with Gasteiger partial charge in [0.25, 0.3) is 0 Å². The summed E-state index contributed by atoms with van der Waals surface area (Å²) in [5.41, 5.74) is 1.47. The van der Waals surface area contributed by atoms with Gasteiger partial charge in [0.2, 0.25) is 0 Å². The van der Waals surface area contributed by atoms with Crippen LogP contribution in [0, 0.1) is 16.7 Å². The van der Waals surface area contributed by atoms with Crippen molar-refractivity contribution in [1.82, 2.24) is 0 Å². The molecule has 1 heterocycles. The van der Waals surface area contributed by atoms with Crippen LogP contribution < -0.4 is 5.32 Å². The molecule has 1 aromatic rings. The van der Waals surface area contributed by atoms with Gasteiger partial charge in [0.15, 0.2) is 0 Å². The molecule has 20 heavy (non-hydrogen) atoms. The predicted molar refractivity (Wildman–Crippen MR) is 82.7 cm³/mol. The Balaban J connectivity index is 0.000000829. The molecular weight excluding hydrogens is 252 g/mol. The van der Waals surface area contributed by atoms with E-state index < -0.39 is 0 Å². The summed E-state index contributed by atoms with van der Waals surface area (Å²) < 4.78 is 5.11. The number of anilines is 1. The minimum absolute atomic E-state index is 0.131. The third-order valence-corrected chi connectivity index (χ3v) is 2.83. The smallest absolute Gasteiger partial charge is 0.0991 e. The van der Waals surface area contributed by atoms with Gasteiger partial charge in [-0.3, -0.25) is 0 Å². The predicted octanol–water partition coefficient (Wildman–Crippen LogP) is 3.03. The van der Waals surface area contributed by atoms with Crippen LogP contribution in [-0.4, -0.2) is 31.5 Å². The Morgan fingerprint density at radius 2 is 1.75 bits per heavy atom. The average Bonchev–Trinajstić information content (AvgIpc) is 2.51. The van der Waals surface area contributed by atoms with Crippen molar-refractivity contribution < 1.29 is 9.84 Å². The van der Waals surface area contributed by atoms with Crippen molar-refractivity contribution in [3.63, 3.8) is 0 Å². The fourth-order valence-corrected chi connectivity index (χ4v) is 1.59. The van der Waals surface area contributed by atoms with Gasteiger partial charge in [0, 0.05) is 12.2 Å². The van der Waals surface area contributed by atoms with Gasteiger partial charge in [0.05, 0.1) is 36.9 Å². The molecule has 4 nitrogen and oxygen atoms in total. The maximum Gasteiger partial charge on any atom is 0.0991 e. The first kappa shape index (κ1) is 18.4. The minimum Gasteiger partial charge on any atom is -0.396 e. The van der Waals surface area contributed by atoms with E-state index in [0.717, 1.165) is 5.69 Å². The Hall–Kier alpha value is -1.57. The van der Waals surface area contributed by atoms with Crippen molar-refractivity contribution in [3.05, 3.63) is 29.8 Å². The molecular formula is C16H26N2O2. The zero-order valence-corrected chi connectivity index (χ0v) is 12.9. The monoisotopic (exact) mass is 278 g/mol. The molecule has 0 unspecified atom stereocenters. The zero-order valence-electron chi connectivity index (χ0n) is 12.9. The van der Waals surface area contributed by atoms with E-state index in [4.69, 9.17) is 10.00 Å². The maximum absolute atomic E-state index is 9.23. The number of hydrogen-bond acceptors (Lipinski definition) is 4. The summed E-state index contributed by atoms with van der Waals surface area (Å²) in [5, 5.41) is 21.1. The Bertz CT molecular complexity index is 386. The highest BCUT2D eigenvalue weighted by Crippen LogP contribution is 2.27. The lowest BCUT2D eigenvalue weighted by atomic mass is 9.87. The standard InChI is InChI=1S/C12H14N2O2.2C2H6/c13-5-10-1-3-11(4-2-10)14-6-12(7-15)8-16-9-12;2*1-2/h1-4,14-15H,6-9H2;2*1-2H3. The van der Waals surface area contributed by atoms with E-state index in [9.17, 15) is 5.11 Å². The lowest BCUT2D eigenvalue weighted by Crippen LogP contribution is -2.50. The maximum atomic E-state index is 9.23. The summed E-state index contributed by atoms with van der Waals surface area (Å²) in [6.07, 6.45) is 0. The Morgan fingerprint density at radius 3 is 2.10 bits per heavy atom. The summed E-state index contributed by atoms with van der Waals surface area (Å²) >= 11 is 0. The number of ether oxygens (including phenoxy) is 1. The molecule has 2 rings (SSSR count). The number of nitriles is 1. The van der Waals surface area contributed by atoms with E-state index in [2.05, 4.69) is 11.4 Å². The van der Waals surface area contributed by atoms with Crippen LogP contribution in [0.3, 0.4) is 0 Å². The fourth-order valence-electron chi connectivity index (χ4n) is 1.59. The molecule has 1 aliphatic rings. The van der Waals surface area contributed by atoms with Gasteiger partial charge < -0.3 is 15.2 Å². The molecule has 0 atom stereocenters. The van der Waals surface area contributed by atoms with Gasteiger partial charge in [-0.25, -0.2) is 0 Å². The molecule has 0 aliphatic carbocycles. The van der Waals surface area contributed by atoms with Crippen LogP contribution in [0.2, 0.25) is 0 Å². The van der Waals surface area contributed by atoms with Crippen molar-refractivity contribution in [2.45, 2.75) is 27.7 Å². The zero-order chi connectivity index (χ0) is 15.4. The summed E-state index contributed by atoms with van der Waals surface area (Å²) in [5.74, 6) is 0. The molecule has 1 saturated heterocycles. The number of rotatable bonds is 4. The van der Waals surface area contributed by atoms with Crippen molar-refractivity contribution in [2.75, 3.05) is 31.7 Å². The third kappa shape index (κ3) is 5.20. The number of nitrogens with one attached hydrogen (secondary N) is 1. The highest BCUT2D eigenvalue weighted by molar-refractivity contribution is 5.47. The van der Waals surface area contributed by atoms with Gasteiger partial charge >= 0.3 is 0 Å². The van der Waals surface area contributed by atoms with Crippen LogP contribution in [0.5, 0.6) is 0 Å². The number of hydrogen-bond donors (Lipinski definition) is 2. The molecule has 112 valence electrons. The molecule has 0 aromatic heterocycles. The van der Waals surface area contributed by atoms with Crippen LogP contribution in [-0.2, 0) is 4.74 Å². The van der Waals surface area contributed by atoms with Gasteiger partial charge in [-0.15, -0.1) is 0 Å². The lowest BCUT2D eigenvalue weighted by molar-refractivity contribution is -0.128. The highest BCUT2D eigenvalue weighted by Gasteiger charge is 2.37. The molecule has 1 aliphatic heterocycles. The first-order chi connectivity index (χ1) is 9.78. The van der Waals surface area contributed by atoms with Gasteiger partial charge in [-0.2, -0.15) is 5.26 Å². The van der Waals surface area contributed by atoms with E-state index in [-0.39, 0.29) is 12.0 Å². The Kier molecular flexibility index (Phi) is 9.44. The molecule has 0 radical (unpaired) electrons. The second kappa shape index (κ2) is 10.2. The lowest BCUT2D eigenvalue weighted by Gasteiger charge is -2.40. The van der Waals surface area contributed by atoms with Crippen LogP contribution in [0.4, 0.5) is 5.69 Å². The minimum atomic E-state index is -0.131. The number of aliphatic hydroxyl groups is 1. The molecule has 0 bridgehead atoms. The first-order valence-corrected chi connectivity index (χ1v) is 7.21. The van der Waals surface area contributed by atoms with E-state index >= 15 is 0 Å². The second-order valence-electron chi connectivity index (χ2n) is 4.19. The third-order valence-electron chi connectivity index (χ3n) is 2.83. The molecule has 2 N–H and O–H groups in total. The SMILES string of the molecule is CC.CC.N#Cc1ccc(NCC2(CO)COC2)cc1. The highest BCUT2D eigenvalue weighted by atomic mass is 16.5. The van der Waals surface area contributed by atoms with Crippen molar-refractivity contribution in [3.8, 4) is 6.07 Å². The summed E-state index contributed by atoms with van der Waals surface area (Å²) in [7, 11) is 0. The number of aliphatic hydroxyl groups excluding tert-OH is 1. The van der Waals surface area contributed by atoms with Gasteiger partial charge in [-0.05, 0) is 24.3 Å². The molecule has 1 aromatic carbocycles. The molecule has 4 heteroatoms. The summed E-state index contributed by atoms with van der Waals surface area (Å²) in [4.78, 5) is 0. The van der Waals surface area contributed by atoms with Crippen LogP contribution in [0.15, 0.2) is 24.3 Å². The van der Waals surface area contributed by atoms with Gasteiger partial charge in [-0.1, -0.05) is 27.7 Å². The van der Waals surface area contributed by atoms with Crippen LogP contribution >= 0.6 is 0 Å². The molecule has 1 fully saturated rings. The fraction of sp³-hybridized carbons (Fsp3) is 0.562. The van der Waals surface area contributed by atoms with E-state index in [1.54, 1.807) is 12.1 Å². The van der Waals surface area contributed by atoms with E-state index in [1.807, 2.05) is 39.8 Å². The van der Waals surface area contributed by atoms with E-state index in [1.165, 1.54) is 0 Å². The molecule has 0 saturated carbocycles. The first-order valence-electron chi connectivity index (χ1n) is 7.21. The molecule has 0 spiro atoms. The quantitative estimate of drug-likeness (QED) is 0.888. The van der Waals surface area contributed by atoms with Gasteiger partial charge in [0.1, 0.15) is 0 Å². The average molecular weight is 278 g/mol. The van der Waals surface area contributed by atoms with E-state index in [0.29, 0.717) is 25.3 Å². The number of benzene rings is 1. The Labute approximate surface area is 122 Å². The van der Waals surface area contributed by atoms with Crippen molar-refractivity contribution >= 4 is 5.69 Å². The number of nitrogens with zero attached hydrogens (tertiary/aromatic N) is 1. The topological polar surface area (TPSA) is 65.3 Å². The largest absolute Gasteiger partial charge is 0.396 e. The van der Waals surface area contributed by atoms with Crippen LogP contribution in [0.25, 0.3) is 0 Å². The van der Waals surface area contributed by atoms with Crippen molar-refractivity contribution in [2.24, 2.45) is 5.41 Å². The van der Waals surface area contributed by atoms with Crippen LogP contribution in [0.1, 0.15) is 33.3 Å². The second-order valence-corrected chi connectivity index (χ2v) is 4.19. The summed E-state index contributed by atoms with van der Waals surface area (Å²) in [6, 6.07) is 9.34. The van der Waals surface area contributed by atoms with Crippen molar-refractivity contribution in [1.29, 1.82) is 5.26 Å².